The standard InChI is InChI=1S/C43H50N12O6/c1-24(2)38(56)60-21-19-44-40(58)46-28-15-11-26(12-16-28)34-48-36-30(32(42(5,6)7)50-54(36)52-34)23-31-33(43(8,9)10)51-55-37(31)49-35(53-55)27-13-17-29(18-14-27)47-41(59)45-20-22-61-39(57)25(3)4/h11-18,23H,1,3,19-22H2,2,4-10H3,(H,48,52)(H2,44,46,58)(H2,45,47,59)/b31-23-. The van der Waals surface area contributed by atoms with E-state index in [0.717, 1.165) is 33.3 Å². The lowest BCUT2D eigenvalue weighted by Crippen LogP contribution is -2.32. The zero-order valence-electron chi connectivity index (χ0n) is 35.5. The van der Waals surface area contributed by atoms with Crippen LogP contribution in [0.25, 0.3) is 40.1 Å². The Morgan fingerprint density at radius 1 is 0.689 bits per heavy atom. The molecule has 18 heteroatoms. The van der Waals surface area contributed by atoms with E-state index < -0.39 is 24.0 Å². The quantitative estimate of drug-likeness (QED) is 0.0559. The van der Waals surface area contributed by atoms with Crippen LogP contribution in [0.4, 0.5) is 21.0 Å². The number of aromatic amines is 1. The van der Waals surface area contributed by atoms with E-state index in [4.69, 9.17) is 34.9 Å². The van der Waals surface area contributed by atoms with Crippen molar-refractivity contribution in [1.82, 2.24) is 50.3 Å². The first-order valence-electron chi connectivity index (χ1n) is 19.5. The van der Waals surface area contributed by atoms with Crippen LogP contribution in [0.3, 0.4) is 0 Å². The lowest BCUT2D eigenvalue weighted by molar-refractivity contribution is -0.139. The number of amides is 4. The molecule has 4 heterocycles. The second kappa shape index (κ2) is 17.5. The fourth-order valence-corrected chi connectivity index (χ4v) is 6.04. The van der Waals surface area contributed by atoms with E-state index in [-0.39, 0.29) is 48.3 Å². The Morgan fingerprint density at radius 2 is 1.18 bits per heavy atom. The number of urea groups is 2. The van der Waals surface area contributed by atoms with Gasteiger partial charge in [-0.25, -0.2) is 24.2 Å². The average molecular weight is 831 g/mol. The van der Waals surface area contributed by atoms with Crippen molar-refractivity contribution in [3.63, 3.8) is 0 Å². The van der Waals surface area contributed by atoms with Gasteiger partial charge in [-0.15, -0.1) is 19.5 Å². The Morgan fingerprint density at radius 3 is 1.67 bits per heavy atom. The van der Waals surface area contributed by atoms with E-state index in [1.54, 1.807) is 47.4 Å². The molecular weight excluding hydrogens is 781 g/mol. The molecule has 0 spiro atoms. The summed E-state index contributed by atoms with van der Waals surface area (Å²) in [5.41, 5.74) is 6.11. The van der Waals surface area contributed by atoms with Crippen molar-refractivity contribution in [2.24, 2.45) is 0 Å². The molecule has 4 amide bonds. The van der Waals surface area contributed by atoms with Gasteiger partial charge in [0.15, 0.2) is 22.9 Å². The minimum atomic E-state index is -0.514. The Labute approximate surface area is 351 Å². The summed E-state index contributed by atoms with van der Waals surface area (Å²) in [6.45, 7) is 23.0. The van der Waals surface area contributed by atoms with Gasteiger partial charge in [0.25, 0.3) is 0 Å². The van der Waals surface area contributed by atoms with E-state index in [2.05, 4.69) is 81.0 Å². The molecule has 318 valence electrons. The van der Waals surface area contributed by atoms with Crippen LogP contribution in [-0.4, -0.2) is 89.9 Å². The number of hydrogen-bond donors (Lipinski definition) is 5. The number of carbonyl (C=O) groups excluding carboxylic acids is 4. The van der Waals surface area contributed by atoms with Crippen molar-refractivity contribution in [2.75, 3.05) is 36.9 Å². The molecule has 0 aliphatic heterocycles. The number of nitrogens with zero attached hydrogens (tertiary/aromatic N) is 7. The summed E-state index contributed by atoms with van der Waals surface area (Å²) < 4.78 is 13.2. The van der Waals surface area contributed by atoms with Crippen LogP contribution in [0.1, 0.15) is 72.3 Å². The van der Waals surface area contributed by atoms with E-state index in [0.29, 0.717) is 34.3 Å². The molecule has 0 atom stereocenters. The maximum Gasteiger partial charge on any atom is 0.333 e. The van der Waals surface area contributed by atoms with Crippen LogP contribution in [0.2, 0.25) is 0 Å². The van der Waals surface area contributed by atoms with Crippen LogP contribution in [0, 0.1) is 0 Å². The Balaban J connectivity index is 1.24. The molecule has 0 radical (unpaired) electrons. The number of rotatable bonds is 13. The second-order valence-corrected chi connectivity index (χ2v) is 16.5. The number of fused-ring (bicyclic) bond motifs is 2. The van der Waals surface area contributed by atoms with Crippen LogP contribution >= 0.6 is 0 Å². The molecule has 0 saturated heterocycles. The monoisotopic (exact) mass is 830 g/mol. The van der Waals surface area contributed by atoms with E-state index in [1.807, 2.05) is 30.3 Å². The van der Waals surface area contributed by atoms with Crippen molar-refractivity contribution in [1.29, 1.82) is 0 Å². The summed E-state index contributed by atoms with van der Waals surface area (Å²) in [6.07, 6.45) is 2.04. The molecule has 0 saturated carbocycles. The molecule has 0 unspecified atom stereocenters. The third kappa shape index (κ3) is 10.3. The molecule has 5 N–H and O–H groups in total. The number of anilines is 2. The summed E-state index contributed by atoms with van der Waals surface area (Å²) in [5, 5.41) is 31.0. The Hall–Kier alpha value is -7.37. The third-order valence-corrected chi connectivity index (χ3v) is 9.08. The van der Waals surface area contributed by atoms with Gasteiger partial charge in [-0.1, -0.05) is 54.7 Å². The molecule has 0 bridgehead atoms. The van der Waals surface area contributed by atoms with Crippen molar-refractivity contribution < 1.29 is 28.7 Å². The van der Waals surface area contributed by atoms with Crippen LogP contribution in [0.15, 0.2) is 72.8 Å². The molecule has 6 rings (SSSR count). The number of ether oxygens (including phenoxy) is 2. The fraction of sp³-hybridized carbons (Fsp3) is 0.326. The predicted molar refractivity (Wildman–Crippen MR) is 231 cm³/mol. The number of carbonyl (C=O) groups is 4. The lowest BCUT2D eigenvalue weighted by atomic mass is 9.88. The molecule has 2 aromatic carbocycles. The largest absolute Gasteiger partial charge is 0.460 e. The summed E-state index contributed by atoms with van der Waals surface area (Å²) in [6, 6.07) is 13.4. The zero-order valence-corrected chi connectivity index (χ0v) is 35.5. The van der Waals surface area contributed by atoms with Gasteiger partial charge in [0.2, 0.25) is 0 Å². The lowest BCUT2D eigenvalue weighted by Gasteiger charge is -2.17. The first-order chi connectivity index (χ1) is 28.8. The van der Waals surface area contributed by atoms with Crippen molar-refractivity contribution in [3.05, 3.63) is 95.0 Å². The van der Waals surface area contributed by atoms with E-state index in [1.165, 1.54) is 0 Å². The van der Waals surface area contributed by atoms with Gasteiger partial charge in [-0.2, -0.15) is 10.2 Å². The first kappa shape index (κ1) is 43.2. The molecule has 0 aliphatic carbocycles. The molecule has 0 fully saturated rings. The Kier molecular flexibility index (Phi) is 12.4. The van der Waals surface area contributed by atoms with Gasteiger partial charge in [-0.3, -0.25) is 0 Å². The highest BCUT2D eigenvalue weighted by atomic mass is 16.5. The molecule has 4 aromatic heterocycles. The minimum Gasteiger partial charge on any atom is -0.460 e. The summed E-state index contributed by atoms with van der Waals surface area (Å²) >= 11 is 0. The highest BCUT2D eigenvalue weighted by Crippen LogP contribution is 2.30. The molecular formula is C43H50N12O6. The maximum atomic E-state index is 12.4. The predicted octanol–water partition coefficient (Wildman–Crippen LogP) is 5.45. The fourth-order valence-electron chi connectivity index (χ4n) is 6.04. The summed E-state index contributed by atoms with van der Waals surface area (Å²) in [7, 11) is 0. The second-order valence-electron chi connectivity index (χ2n) is 16.5. The van der Waals surface area contributed by atoms with Gasteiger partial charge in [0.05, 0.1) is 24.5 Å². The van der Waals surface area contributed by atoms with Gasteiger partial charge < -0.3 is 35.7 Å². The van der Waals surface area contributed by atoms with Crippen molar-refractivity contribution >= 4 is 52.7 Å². The number of hydrogen-bond acceptors (Lipinski definition) is 11. The van der Waals surface area contributed by atoms with E-state index in [9.17, 15) is 19.2 Å². The molecule has 0 aliphatic rings. The zero-order chi connectivity index (χ0) is 44.2. The highest BCUT2D eigenvalue weighted by molar-refractivity contribution is 5.91. The number of H-pyrrole nitrogens is 1. The minimum absolute atomic E-state index is 0.0234. The third-order valence-electron chi connectivity index (χ3n) is 9.08. The van der Waals surface area contributed by atoms with Crippen LogP contribution in [0.5, 0.6) is 0 Å². The van der Waals surface area contributed by atoms with Crippen molar-refractivity contribution in [3.8, 4) is 22.8 Å². The number of esters is 2. The van der Waals surface area contributed by atoms with Crippen molar-refractivity contribution in [2.45, 2.75) is 66.2 Å². The van der Waals surface area contributed by atoms with Crippen LogP contribution in [-0.2, 0) is 29.9 Å². The van der Waals surface area contributed by atoms with Gasteiger partial charge in [0.1, 0.15) is 13.2 Å². The Bertz CT molecular complexity index is 2700. The summed E-state index contributed by atoms with van der Waals surface area (Å²) in [4.78, 5) is 56.3. The van der Waals surface area contributed by atoms with Crippen LogP contribution < -0.4 is 26.5 Å². The van der Waals surface area contributed by atoms with Gasteiger partial charge in [-0.05, 0) is 68.5 Å². The molecule has 61 heavy (non-hydrogen) atoms. The number of benzene rings is 2. The average Bonchev–Trinajstić information content (AvgIpc) is 3.96. The van der Waals surface area contributed by atoms with Gasteiger partial charge >= 0.3 is 24.0 Å². The number of nitrogens with one attached hydrogen (secondary N) is 5. The molecule has 6 aromatic rings. The normalized spacial score (nSPS) is 12.0. The smallest absolute Gasteiger partial charge is 0.333 e. The maximum absolute atomic E-state index is 12.4. The van der Waals surface area contributed by atoms with Gasteiger partial charge in [0, 0.05) is 55.3 Å². The number of aromatic nitrogens is 8. The topological polar surface area (TPSA) is 224 Å². The highest BCUT2D eigenvalue weighted by Gasteiger charge is 2.28. The van der Waals surface area contributed by atoms with E-state index >= 15 is 0 Å². The molecule has 18 nitrogen and oxygen atoms in total. The first-order valence-corrected chi connectivity index (χ1v) is 19.5. The SMILES string of the molecule is C=C(C)C(=O)OCCNC(=O)Nc1ccc(-c2nc3/c(=C\c4c(C(C)(C)C)nn5nc(-c6ccc(NC(=O)NCCOC(=O)C(=C)C)cc6)[nH]c45)c(C(C)(C)C)nn3n2)cc1. The summed E-state index contributed by atoms with van der Waals surface area (Å²) in [5.74, 6) is -0.00667.